The Balaban J connectivity index is 1.89. The molecule has 1 aromatic heterocycles. The fourth-order valence-corrected chi connectivity index (χ4v) is 3.32. The molecule has 1 aliphatic rings. The Labute approximate surface area is 102 Å². The molecule has 1 aromatic rings. The molecule has 0 amide bonds. The van der Waals surface area contributed by atoms with Gasteiger partial charge in [-0.3, -0.25) is 0 Å². The molecule has 4 nitrogen and oxygen atoms in total. The first-order valence-corrected chi connectivity index (χ1v) is 7.69. The van der Waals surface area contributed by atoms with E-state index in [4.69, 9.17) is 4.42 Å². The topological polar surface area (TPSA) is 59.3 Å². The van der Waals surface area contributed by atoms with Crippen LogP contribution in [-0.4, -0.2) is 15.0 Å². The lowest BCUT2D eigenvalue weighted by atomic mass is 10.0. The van der Waals surface area contributed by atoms with Crippen LogP contribution < -0.4 is 4.72 Å². The first kappa shape index (κ1) is 12.6. The summed E-state index contributed by atoms with van der Waals surface area (Å²) in [6, 6.07) is 1.47. The van der Waals surface area contributed by atoms with Gasteiger partial charge in [0.1, 0.15) is 11.2 Å². The minimum Gasteiger partial charge on any atom is -0.471 e. The molecule has 0 unspecified atom stereocenters. The summed E-state index contributed by atoms with van der Waals surface area (Å²) < 4.78 is 31.2. The predicted molar refractivity (Wildman–Crippen MR) is 65.1 cm³/mol. The Morgan fingerprint density at radius 2 is 1.94 bits per heavy atom. The molecule has 1 saturated carbocycles. The molecule has 0 spiro atoms. The Morgan fingerprint density at radius 1 is 1.24 bits per heavy atom. The molecule has 5 heteroatoms. The molecular weight excluding hydrogens is 238 g/mol. The van der Waals surface area contributed by atoms with E-state index in [0.717, 1.165) is 12.8 Å². The van der Waals surface area contributed by atoms with Gasteiger partial charge in [-0.2, -0.15) is 0 Å². The fraction of sp³-hybridized carbons (Fsp3) is 0.667. The fourth-order valence-electron chi connectivity index (χ4n) is 2.28. The van der Waals surface area contributed by atoms with Crippen molar-refractivity contribution in [2.45, 2.75) is 43.4 Å². The Bertz CT molecular complexity index is 417. The van der Waals surface area contributed by atoms with Gasteiger partial charge in [-0.25, -0.2) is 13.1 Å². The lowest BCUT2D eigenvalue weighted by Gasteiger charge is -2.14. The summed E-state index contributed by atoms with van der Waals surface area (Å²) in [4.78, 5) is 0.214. The van der Waals surface area contributed by atoms with Crippen LogP contribution in [0.4, 0.5) is 0 Å². The highest BCUT2D eigenvalue weighted by Gasteiger charge is 2.18. The number of sulfonamides is 1. The monoisotopic (exact) mass is 257 g/mol. The number of hydrogen-bond donors (Lipinski definition) is 1. The zero-order valence-corrected chi connectivity index (χ0v) is 10.7. The molecule has 1 N–H and O–H groups in total. The van der Waals surface area contributed by atoms with Gasteiger partial charge in [-0.1, -0.05) is 25.7 Å². The van der Waals surface area contributed by atoms with Crippen LogP contribution in [0.3, 0.4) is 0 Å². The Kier molecular flexibility index (Phi) is 4.23. The van der Waals surface area contributed by atoms with Gasteiger partial charge in [0.2, 0.25) is 10.0 Å². The van der Waals surface area contributed by atoms with Gasteiger partial charge in [0.15, 0.2) is 0 Å². The van der Waals surface area contributed by atoms with E-state index in [1.165, 1.54) is 44.3 Å². The standard InChI is InChI=1S/C12H19NO3S/c14-17(15,12-7-8-16-10-12)13-9-11-5-3-1-2-4-6-11/h7-8,10-11,13H,1-6,9H2. The van der Waals surface area contributed by atoms with Crippen molar-refractivity contribution in [1.29, 1.82) is 0 Å². The first-order valence-electron chi connectivity index (χ1n) is 6.20. The number of nitrogens with one attached hydrogen (secondary N) is 1. The summed E-state index contributed by atoms with van der Waals surface area (Å²) in [5, 5.41) is 0. The van der Waals surface area contributed by atoms with Crippen LogP contribution in [0.5, 0.6) is 0 Å². The minimum absolute atomic E-state index is 0.214. The van der Waals surface area contributed by atoms with Gasteiger partial charge in [-0.05, 0) is 24.8 Å². The van der Waals surface area contributed by atoms with Crippen molar-refractivity contribution in [2.75, 3.05) is 6.54 Å². The Hall–Kier alpha value is -0.810. The van der Waals surface area contributed by atoms with Crippen LogP contribution in [0.25, 0.3) is 0 Å². The molecule has 2 rings (SSSR count). The van der Waals surface area contributed by atoms with Crippen molar-refractivity contribution in [3.8, 4) is 0 Å². The number of furan rings is 1. The molecular formula is C12H19NO3S. The van der Waals surface area contributed by atoms with Gasteiger partial charge >= 0.3 is 0 Å². The molecule has 0 aliphatic heterocycles. The lowest BCUT2D eigenvalue weighted by Crippen LogP contribution is -2.29. The van der Waals surface area contributed by atoms with Crippen molar-refractivity contribution in [2.24, 2.45) is 5.92 Å². The molecule has 0 saturated heterocycles. The maximum Gasteiger partial charge on any atom is 0.243 e. The van der Waals surface area contributed by atoms with Gasteiger partial charge < -0.3 is 4.42 Å². The smallest absolute Gasteiger partial charge is 0.243 e. The molecule has 96 valence electrons. The van der Waals surface area contributed by atoms with E-state index >= 15 is 0 Å². The quantitative estimate of drug-likeness (QED) is 0.843. The number of hydrogen-bond acceptors (Lipinski definition) is 3. The van der Waals surface area contributed by atoms with Crippen LogP contribution in [0, 0.1) is 5.92 Å². The second-order valence-corrected chi connectivity index (χ2v) is 6.44. The van der Waals surface area contributed by atoms with Crippen LogP contribution in [0.1, 0.15) is 38.5 Å². The van der Waals surface area contributed by atoms with E-state index in [1.807, 2.05) is 0 Å². The van der Waals surface area contributed by atoms with E-state index in [1.54, 1.807) is 0 Å². The third kappa shape index (κ3) is 3.57. The normalized spacial score (nSPS) is 19.1. The zero-order chi connectivity index (χ0) is 12.1. The van der Waals surface area contributed by atoms with E-state index in [-0.39, 0.29) is 4.90 Å². The van der Waals surface area contributed by atoms with Gasteiger partial charge in [0, 0.05) is 6.54 Å². The molecule has 1 aliphatic carbocycles. The Morgan fingerprint density at radius 3 is 2.53 bits per heavy atom. The summed E-state index contributed by atoms with van der Waals surface area (Å²) in [7, 11) is -3.37. The molecule has 0 atom stereocenters. The van der Waals surface area contributed by atoms with Crippen LogP contribution in [0.2, 0.25) is 0 Å². The second kappa shape index (κ2) is 5.69. The van der Waals surface area contributed by atoms with Gasteiger partial charge in [0.05, 0.1) is 6.26 Å². The molecule has 1 fully saturated rings. The molecule has 1 heterocycles. The molecule has 0 bridgehead atoms. The zero-order valence-electron chi connectivity index (χ0n) is 9.89. The SMILES string of the molecule is O=S(=O)(NCC1CCCCCC1)c1ccoc1. The summed E-state index contributed by atoms with van der Waals surface area (Å²) in [5.41, 5.74) is 0. The van der Waals surface area contributed by atoms with Crippen molar-refractivity contribution in [1.82, 2.24) is 4.72 Å². The molecule has 0 aromatic carbocycles. The van der Waals surface area contributed by atoms with E-state index < -0.39 is 10.0 Å². The lowest BCUT2D eigenvalue weighted by molar-refractivity contribution is 0.451. The van der Waals surface area contributed by atoms with Crippen molar-refractivity contribution in [3.63, 3.8) is 0 Å². The van der Waals surface area contributed by atoms with E-state index in [9.17, 15) is 8.42 Å². The third-order valence-corrected chi connectivity index (χ3v) is 4.74. The van der Waals surface area contributed by atoms with Crippen LogP contribution in [0.15, 0.2) is 27.9 Å². The molecule has 17 heavy (non-hydrogen) atoms. The van der Waals surface area contributed by atoms with Crippen LogP contribution >= 0.6 is 0 Å². The third-order valence-electron chi connectivity index (χ3n) is 3.34. The van der Waals surface area contributed by atoms with Crippen molar-refractivity contribution < 1.29 is 12.8 Å². The highest BCUT2D eigenvalue weighted by atomic mass is 32.2. The van der Waals surface area contributed by atoms with Crippen molar-refractivity contribution in [3.05, 3.63) is 18.6 Å². The van der Waals surface area contributed by atoms with Gasteiger partial charge in [-0.15, -0.1) is 0 Å². The summed E-state index contributed by atoms with van der Waals surface area (Å²) in [6.45, 7) is 0.549. The summed E-state index contributed by atoms with van der Waals surface area (Å²) >= 11 is 0. The predicted octanol–water partition coefficient (Wildman–Crippen LogP) is 2.53. The maximum atomic E-state index is 11.9. The van der Waals surface area contributed by atoms with E-state index in [0.29, 0.717) is 12.5 Å². The highest BCUT2D eigenvalue weighted by Crippen LogP contribution is 2.22. The largest absolute Gasteiger partial charge is 0.471 e. The summed E-state index contributed by atoms with van der Waals surface area (Å²) in [6.07, 6.45) is 9.91. The average molecular weight is 257 g/mol. The average Bonchev–Trinajstić information content (AvgIpc) is 2.72. The summed E-state index contributed by atoms with van der Waals surface area (Å²) in [5.74, 6) is 0.485. The highest BCUT2D eigenvalue weighted by molar-refractivity contribution is 7.89. The second-order valence-electron chi connectivity index (χ2n) is 4.67. The minimum atomic E-state index is -3.37. The van der Waals surface area contributed by atoms with Gasteiger partial charge in [0.25, 0.3) is 0 Å². The van der Waals surface area contributed by atoms with E-state index in [2.05, 4.69) is 4.72 Å². The molecule has 0 radical (unpaired) electrons. The first-order chi connectivity index (χ1) is 8.18. The van der Waals surface area contributed by atoms with Crippen molar-refractivity contribution >= 4 is 10.0 Å². The number of rotatable bonds is 4. The van der Waals surface area contributed by atoms with Crippen LogP contribution in [-0.2, 0) is 10.0 Å². The maximum absolute atomic E-state index is 11.9.